The summed E-state index contributed by atoms with van der Waals surface area (Å²) in [4.78, 5) is 29.2. The van der Waals surface area contributed by atoms with Gasteiger partial charge in [-0.3, -0.25) is 14.5 Å². The molecule has 0 N–H and O–H groups in total. The molecule has 0 radical (unpaired) electrons. The van der Waals surface area contributed by atoms with Crippen LogP contribution in [0.5, 0.6) is 5.75 Å². The zero-order valence-corrected chi connectivity index (χ0v) is 26.0. The minimum atomic E-state index is -0.526. The van der Waals surface area contributed by atoms with Crippen LogP contribution in [-0.2, 0) is 20.9 Å². The number of amides is 1. The summed E-state index contributed by atoms with van der Waals surface area (Å²) in [6.07, 6.45) is 3.70. The van der Waals surface area contributed by atoms with Gasteiger partial charge in [0.2, 0.25) is 0 Å². The molecule has 1 amide bonds. The largest absolute Gasteiger partial charge is 0.494 e. The molecule has 0 saturated carbocycles. The van der Waals surface area contributed by atoms with Crippen molar-refractivity contribution in [3.8, 4) is 5.75 Å². The molecule has 0 bridgehead atoms. The number of thiocarbonyl (C=S) groups is 1. The molecule has 0 unspecified atom stereocenters. The molecule has 0 aliphatic carbocycles. The normalized spacial score (nSPS) is 14.4. The van der Waals surface area contributed by atoms with E-state index in [4.69, 9.17) is 44.9 Å². The topological polar surface area (TPSA) is 64.0 Å². The number of rotatable bonds is 8. The number of anilines is 1. The van der Waals surface area contributed by atoms with Crippen LogP contribution >= 0.6 is 51.3 Å². The number of hydrogen-bond donors (Lipinski definition) is 0. The van der Waals surface area contributed by atoms with Gasteiger partial charge in [0.25, 0.3) is 5.91 Å². The van der Waals surface area contributed by atoms with Crippen LogP contribution in [0.15, 0.2) is 77.0 Å². The van der Waals surface area contributed by atoms with Gasteiger partial charge in [0.05, 0.1) is 19.4 Å². The number of carbonyl (C=O) groups is 2. The highest BCUT2D eigenvalue weighted by Crippen LogP contribution is 2.34. The third-order valence-electron chi connectivity index (χ3n) is 6.58. The Morgan fingerprint density at radius 2 is 1.83 bits per heavy atom. The maximum absolute atomic E-state index is 13.9. The summed E-state index contributed by atoms with van der Waals surface area (Å²) in [7, 11) is 1.30. The predicted octanol–water partition coefficient (Wildman–Crippen LogP) is 7.31. The van der Waals surface area contributed by atoms with Crippen LogP contribution in [0.3, 0.4) is 0 Å². The fourth-order valence-electron chi connectivity index (χ4n) is 4.64. The quantitative estimate of drug-likeness (QED) is 0.111. The molecule has 11 heteroatoms. The number of esters is 1. The van der Waals surface area contributed by atoms with Gasteiger partial charge in [-0.1, -0.05) is 45.2 Å². The average molecular weight is 673 g/mol. The van der Waals surface area contributed by atoms with Crippen LogP contribution in [0.4, 0.5) is 5.69 Å². The van der Waals surface area contributed by atoms with Crippen molar-refractivity contribution in [1.82, 2.24) is 9.47 Å². The maximum atomic E-state index is 13.9. The first-order chi connectivity index (χ1) is 19.7. The van der Waals surface area contributed by atoms with Gasteiger partial charge in [0, 0.05) is 43.7 Å². The van der Waals surface area contributed by atoms with Gasteiger partial charge in [-0.15, -0.1) is 0 Å². The summed E-state index contributed by atoms with van der Waals surface area (Å²) in [5, 5.41) is 2.19. The van der Waals surface area contributed by atoms with Gasteiger partial charge in [-0.2, -0.15) is 0 Å². The molecule has 1 aliphatic rings. The molecule has 2 heterocycles. The highest BCUT2D eigenvalue weighted by Gasteiger charge is 2.40. The van der Waals surface area contributed by atoms with E-state index in [1.807, 2.05) is 37.4 Å². The minimum Gasteiger partial charge on any atom is -0.494 e. The first kappa shape index (κ1) is 29.1. The summed E-state index contributed by atoms with van der Waals surface area (Å²) in [5.74, 6) is -0.211. The lowest BCUT2D eigenvalue weighted by molar-refractivity contribution is -0.140. The van der Waals surface area contributed by atoms with Crippen LogP contribution in [0, 0.1) is 0 Å². The van der Waals surface area contributed by atoms with E-state index in [0.29, 0.717) is 34.6 Å². The molecule has 1 aromatic heterocycles. The monoisotopic (exact) mass is 671 g/mol. The molecule has 0 atom stereocenters. The van der Waals surface area contributed by atoms with E-state index in [-0.39, 0.29) is 23.3 Å². The lowest BCUT2D eigenvalue weighted by atomic mass is 10.1. The van der Waals surface area contributed by atoms with Crippen molar-refractivity contribution in [3.05, 3.63) is 98.2 Å². The lowest BCUT2D eigenvalue weighted by Gasteiger charge is -2.19. The van der Waals surface area contributed by atoms with Crippen LogP contribution in [0.1, 0.15) is 18.1 Å². The molecule has 4 aromatic rings. The number of nitrogens with zero attached hydrogens (tertiary/aromatic N) is 3. The van der Waals surface area contributed by atoms with Crippen molar-refractivity contribution in [2.45, 2.75) is 13.5 Å². The lowest BCUT2D eigenvalue weighted by Crippen LogP contribution is -2.35. The SMILES string of the molecule is CCOc1ccc(N2C(=O)/C(=C/c3cn(Cc4ccc(Cl)cc4Cl)c4ccc(Br)cc34)N(CC(=O)OC)C2=S)cc1. The molecule has 3 aromatic carbocycles. The summed E-state index contributed by atoms with van der Waals surface area (Å²) < 4.78 is 13.4. The van der Waals surface area contributed by atoms with E-state index in [2.05, 4.69) is 20.5 Å². The molecule has 1 fully saturated rings. The summed E-state index contributed by atoms with van der Waals surface area (Å²) in [5.41, 5.74) is 3.40. The Morgan fingerprint density at radius 1 is 1.07 bits per heavy atom. The van der Waals surface area contributed by atoms with Gasteiger partial charge in [-0.25, -0.2) is 0 Å². The summed E-state index contributed by atoms with van der Waals surface area (Å²) in [6, 6.07) is 18.4. The first-order valence-corrected chi connectivity index (χ1v) is 14.6. The Balaban J connectivity index is 1.60. The van der Waals surface area contributed by atoms with Crippen molar-refractivity contribution < 1.29 is 19.1 Å². The van der Waals surface area contributed by atoms with Gasteiger partial charge in [0.1, 0.15) is 18.0 Å². The predicted molar refractivity (Wildman–Crippen MR) is 170 cm³/mol. The zero-order valence-electron chi connectivity index (χ0n) is 22.1. The number of ether oxygens (including phenoxy) is 2. The molecular formula is C30H24BrCl2N3O4S. The van der Waals surface area contributed by atoms with E-state index in [1.54, 1.807) is 42.5 Å². The van der Waals surface area contributed by atoms with Crippen LogP contribution in [0.2, 0.25) is 10.0 Å². The van der Waals surface area contributed by atoms with E-state index in [0.717, 1.165) is 26.5 Å². The Hall–Kier alpha value is -3.37. The number of hydrogen-bond acceptors (Lipinski definition) is 5. The molecule has 7 nitrogen and oxygen atoms in total. The molecule has 1 saturated heterocycles. The van der Waals surface area contributed by atoms with E-state index in [9.17, 15) is 9.59 Å². The second-order valence-electron chi connectivity index (χ2n) is 9.15. The summed E-state index contributed by atoms with van der Waals surface area (Å²) >= 11 is 21.9. The molecule has 1 aliphatic heterocycles. The smallest absolute Gasteiger partial charge is 0.325 e. The number of aromatic nitrogens is 1. The van der Waals surface area contributed by atoms with Crippen LogP contribution in [0.25, 0.3) is 17.0 Å². The van der Waals surface area contributed by atoms with Gasteiger partial charge in [-0.05, 0) is 85.4 Å². The second-order valence-corrected chi connectivity index (χ2v) is 11.3. The fourth-order valence-corrected chi connectivity index (χ4v) is 5.82. The summed E-state index contributed by atoms with van der Waals surface area (Å²) in [6.45, 7) is 2.68. The standard InChI is InChI=1S/C30H24BrCl2N3O4S/c1-3-40-23-9-7-22(8-10-23)36-29(38)27(35(30(36)41)17-28(37)39-2)12-19-16-34(26-11-5-20(31)13-24(19)26)15-18-4-6-21(32)14-25(18)33/h4-14,16H,3,15,17H2,1-2H3/b27-12-. The van der Waals surface area contributed by atoms with Crippen LogP contribution in [-0.4, -0.2) is 46.7 Å². The Morgan fingerprint density at radius 3 is 2.51 bits per heavy atom. The van der Waals surface area contributed by atoms with E-state index in [1.165, 1.54) is 16.9 Å². The third-order valence-corrected chi connectivity index (χ3v) is 8.06. The molecule has 210 valence electrons. The highest BCUT2D eigenvalue weighted by atomic mass is 79.9. The Kier molecular flexibility index (Phi) is 8.70. The number of benzene rings is 3. The number of methoxy groups -OCH3 is 1. The zero-order chi connectivity index (χ0) is 29.3. The number of fused-ring (bicyclic) bond motifs is 1. The van der Waals surface area contributed by atoms with Crippen molar-refractivity contribution in [2.75, 3.05) is 25.2 Å². The van der Waals surface area contributed by atoms with Gasteiger partial charge in [0.15, 0.2) is 5.11 Å². The van der Waals surface area contributed by atoms with Crippen molar-refractivity contribution in [2.24, 2.45) is 0 Å². The van der Waals surface area contributed by atoms with Crippen LogP contribution < -0.4 is 9.64 Å². The second kappa shape index (κ2) is 12.2. The molecule has 0 spiro atoms. The fraction of sp³-hybridized carbons (Fsp3) is 0.167. The number of carbonyl (C=O) groups excluding carboxylic acids is 2. The van der Waals surface area contributed by atoms with Crippen molar-refractivity contribution in [3.63, 3.8) is 0 Å². The molecule has 5 rings (SSSR count). The van der Waals surface area contributed by atoms with Gasteiger partial charge < -0.3 is 18.9 Å². The first-order valence-electron chi connectivity index (χ1n) is 12.6. The minimum absolute atomic E-state index is 0.175. The van der Waals surface area contributed by atoms with Gasteiger partial charge >= 0.3 is 5.97 Å². The van der Waals surface area contributed by atoms with Crippen molar-refractivity contribution in [1.29, 1.82) is 0 Å². The van der Waals surface area contributed by atoms with E-state index >= 15 is 0 Å². The average Bonchev–Trinajstić information content (AvgIpc) is 3.39. The molecule has 41 heavy (non-hydrogen) atoms. The Bertz CT molecular complexity index is 1700. The Labute approximate surface area is 261 Å². The molecular weight excluding hydrogens is 649 g/mol. The van der Waals surface area contributed by atoms with E-state index < -0.39 is 5.97 Å². The highest BCUT2D eigenvalue weighted by molar-refractivity contribution is 9.10. The number of halogens is 3. The van der Waals surface area contributed by atoms with Crippen molar-refractivity contribution >= 4 is 91.0 Å². The third kappa shape index (κ3) is 5.99. The maximum Gasteiger partial charge on any atom is 0.325 e.